The van der Waals surface area contributed by atoms with Gasteiger partial charge in [0.25, 0.3) is 5.92 Å². The van der Waals surface area contributed by atoms with E-state index in [1.54, 1.807) is 6.07 Å². The van der Waals surface area contributed by atoms with Crippen LogP contribution >= 0.6 is 0 Å². The largest absolute Gasteiger partial charge is 0.321 e. The molecule has 0 bridgehead atoms. The Labute approximate surface area is 212 Å². The number of pyridine rings is 1. The van der Waals surface area contributed by atoms with Crippen molar-refractivity contribution >= 4 is 28.4 Å². The van der Waals surface area contributed by atoms with E-state index in [-0.39, 0.29) is 30.8 Å². The summed E-state index contributed by atoms with van der Waals surface area (Å²) in [6.07, 6.45) is 2.32. The van der Waals surface area contributed by atoms with E-state index in [0.717, 1.165) is 27.2 Å². The van der Waals surface area contributed by atoms with Crippen molar-refractivity contribution in [2.75, 3.05) is 6.54 Å². The molecule has 1 atom stereocenters. The fourth-order valence-corrected chi connectivity index (χ4v) is 5.19. The smallest absolute Gasteiger partial charge is 0.265 e. The number of fused-ring (bicyclic) bond motifs is 2. The molecule has 0 radical (unpaired) electrons. The molecule has 2 aromatic carbocycles. The number of alkyl halides is 2. The Morgan fingerprint density at radius 3 is 2.65 bits per heavy atom. The average Bonchev–Trinajstić information content (AvgIpc) is 2.90. The van der Waals surface area contributed by atoms with Crippen LogP contribution in [-0.4, -0.2) is 45.9 Å². The molecule has 1 aliphatic carbocycles. The van der Waals surface area contributed by atoms with E-state index in [1.165, 1.54) is 6.20 Å². The highest BCUT2D eigenvalue weighted by Gasteiger charge is 2.42. The zero-order chi connectivity index (χ0) is 26.2. The van der Waals surface area contributed by atoms with Gasteiger partial charge in [-0.2, -0.15) is 5.26 Å². The summed E-state index contributed by atoms with van der Waals surface area (Å²) in [6.45, 7) is -0.797. The maximum atomic E-state index is 13.9. The van der Waals surface area contributed by atoms with Crippen LogP contribution in [0.3, 0.4) is 0 Å². The number of aryl methyl sites for hydroxylation is 1. The number of hydrogen-bond donors (Lipinski definition) is 0. The zero-order valence-corrected chi connectivity index (χ0v) is 20.2. The summed E-state index contributed by atoms with van der Waals surface area (Å²) in [4.78, 5) is 42.9. The molecule has 3 aromatic rings. The van der Waals surface area contributed by atoms with Crippen LogP contribution in [0.15, 0.2) is 48.7 Å². The second-order valence-electron chi connectivity index (χ2n) is 9.77. The summed E-state index contributed by atoms with van der Waals surface area (Å²) in [5.74, 6) is -3.70. The molecule has 0 unspecified atom stereocenters. The summed E-state index contributed by atoms with van der Waals surface area (Å²) in [7, 11) is 0. The van der Waals surface area contributed by atoms with E-state index in [0.29, 0.717) is 35.7 Å². The van der Waals surface area contributed by atoms with Gasteiger partial charge < -0.3 is 4.90 Å². The minimum absolute atomic E-state index is 0.0834. The van der Waals surface area contributed by atoms with Crippen LogP contribution < -0.4 is 0 Å². The number of nitrogens with zero attached hydrogens (tertiary/aromatic N) is 3. The number of hydrogen-bond acceptors (Lipinski definition) is 5. The standard InChI is InChI=1S/C29H25F2N3O3/c30-29(31)11-9-22(16-32)34(17-29)28(37)8-7-27(36)24-10-12-33-26-6-4-21(15-25(24)26)18-1-2-20-14-23(35)5-3-19(20)13-18/h1-2,4,6,10,12-13,15,22H,3,5,7-9,11,14,17H2/t22-/m0/s1. The molecule has 1 aliphatic heterocycles. The van der Waals surface area contributed by atoms with Crippen molar-refractivity contribution in [2.45, 2.75) is 56.9 Å². The van der Waals surface area contributed by atoms with E-state index >= 15 is 0 Å². The monoisotopic (exact) mass is 501 g/mol. The topological polar surface area (TPSA) is 91.1 Å². The molecule has 37 heavy (non-hydrogen) atoms. The number of nitriles is 1. The molecule has 1 saturated heterocycles. The second kappa shape index (κ2) is 9.81. The van der Waals surface area contributed by atoms with Crippen LogP contribution in [0.4, 0.5) is 8.78 Å². The van der Waals surface area contributed by atoms with Crippen LogP contribution in [0.2, 0.25) is 0 Å². The highest BCUT2D eigenvalue weighted by Crippen LogP contribution is 2.32. The first-order valence-electron chi connectivity index (χ1n) is 12.4. The van der Waals surface area contributed by atoms with E-state index in [4.69, 9.17) is 0 Å². The second-order valence-corrected chi connectivity index (χ2v) is 9.77. The summed E-state index contributed by atoms with van der Waals surface area (Å²) >= 11 is 0. The lowest BCUT2D eigenvalue weighted by Gasteiger charge is -2.36. The third kappa shape index (κ3) is 5.12. The summed E-state index contributed by atoms with van der Waals surface area (Å²) in [6, 6.07) is 14.3. The fraction of sp³-hybridized carbons (Fsp3) is 0.345. The van der Waals surface area contributed by atoms with Crippen LogP contribution in [0.5, 0.6) is 0 Å². The van der Waals surface area contributed by atoms with Crippen LogP contribution in [0.25, 0.3) is 22.0 Å². The molecule has 1 amide bonds. The predicted octanol–water partition coefficient (Wildman–Crippen LogP) is 5.07. The lowest BCUT2D eigenvalue weighted by Crippen LogP contribution is -2.51. The van der Waals surface area contributed by atoms with Gasteiger partial charge in [0.1, 0.15) is 11.8 Å². The van der Waals surface area contributed by atoms with Gasteiger partial charge in [0.15, 0.2) is 5.78 Å². The SMILES string of the molecule is N#C[C@@H]1CCC(F)(F)CN1C(=O)CCC(=O)c1ccnc2ccc(-c3ccc4c(c3)CCC(=O)C4)cc12. The number of carbonyl (C=O) groups excluding carboxylic acids is 3. The van der Waals surface area contributed by atoms with Gasteiger partial charge in [0.05, 0.1) is 18.1 Å². The van der Waals surface area contributed by atoms with Crippen LogP contribution in [0.1, 0.15) is 53.6 Å². The van der Waals surface area contributed by atoms with Crippen molar-refractivity contribution in [1.29, 1.82) is 5.26 Å². The highest BCUT2D eigenvalue weighted by molar-refractivity contribution is 6.08. The first kappa shape index (κ1) is 24.7. The van der Waals surface area contributed by atoms with E-state index in [9.17, 15) is 28.4 Å². The minimum Gasteiger partial charge on any atom is -0.321 e. The molecule has 6 nitrogen and oxygen atoms in total. The van der Waals surface area contributed by atoms with Crippen molar-refractivity contribution < 1.29 is 23.2 Å². The molecular formula is C29H25F2N3O3. The first-order chi connectivity index (χ1) is 17.7. The molecule has 2 aliphatic rings. The number of benzene rings is 2. The third-order valence-electron chi connectivity index (χ3n) is 7.24. The molecule has 1 fully saturated rings. The number of aromatic nitrogens is 1. The number of likely N-dealkylation sites (tertiary alicyclic amines) is 1. The van der Waals surface area contributed by atoms with E-state index < -0.39 is 30.8 Å². The Bertz CT molecular complexity index is 1460. The normalized spacial score (nSPS) is 18.8. The lowest BCUT2D eigenvalue weighted by molar-refractivity contribution is -0.144. The Kier molecular flexibility index (Phi) is 6.55. The number of Topliss-reactive ketones (excluding diaryl/α,β-unsaturated/α-hetero) is 2. The van der Waals surface area contributed by atoms with Gasteiger partial charge in [0.2, 0.25) is 5.91 Å². The summed E-state index contributed by atoms with van der Waals surface area (Å²) in [5, 5.41) is 9.92. The van der Waals surface area contributed by atoms with Gasteiger partial charge in [-0.05, 0) is 53.3 Å². The fourth-order valence-electron chi connectivity index (χ4n) is 5.19. The molecule has 0 N–H and O–H groups in total. The molecule has 188 valence electrons. The average molecular weight is 502 g/mol. The van der Waals surface area contributed by atoms with Crippen molar-refractivity contribution in [2.24, 2.45) is 0 Å². The van der Waals surface area contributed by atoms with E-state index in [1.807, 2.05) is 36.4 Å². The number of amides is 1. The molecule has 0 saturated carbocycles. The van der Waals surface area contributed by atoms with Crippen molar-refractivity contribution in [3.8, 4) is 17.2 Å². The minimum atomic E-state index is -3.03. The predicted molar refractivity (Wildman–Crippen MR) is 133 cm³/mol. The number of ketones is 2. The zero-order valence-electron chi connectivity index (χ0n) is 20.2. The first-order valence-corrected chi connectivity index (χ1v) is 12.4. The highest BCUT2D eigenvalue weighted by atomic mass is 19.3. The molecule has 2 heterocycles. The third-order valence-corrected chi connectivity index (χ3v) is 7.24. The van der Waals surface area contributed by atoms with Crippen molar-refractivity contribution in [1.82, 2.24) is 9.88 Å². The molecule has 0 spiro atoms. The van der Waals surface area contributed by atoms with E-state index in [2.05, 4.69) is 11.1 Å². The molecule has 8 heteroatoms. The number of halogens is 2. The number of carbonyl (C=O) groups is 3. The van der Waals surface area contributed by atoms with Crippen LogP contribution in [-0.2, 0) is 22.4 Å². The summed E-state index contributed by atoms with van der Waals surface area (Å²) in [5.41, 5.74) is 5.11. The van der Waals surface area contributed by atoms with Gasteiger partial charge in [-0.1, -0.05) is 24.3 Å². The van der Waals surface area contributed by atoms with Crippen LogP contribution in [0, 0.1) is 11.3 Å². The number of piperidine rings is 1. The molecular weight excluding hydrogens is 476 g/mol. The Hall–Kier alpha value is -3.99. The summed E-state index contributed by atoms with van der Waals surface area (Å²) < 4.78 is 27.7. The van der Waals surface area contributed by atoms with Gasteiger partial charge >= 0.3 is 0 Å². The maximum Gasteiger partial charge on any atom is 0.265 e. The lowest BCUT2D eigenvalue weighted by atomic mass is 9.88. The maximum absolute atomic E-state index is 13.9. The van der Waals surface area contributed by atoms with Crippen molar-refractivity contribution in [3.63, 3.8) is 0 Å². The van der Waals surface area contributed by atoms with Gasteiger partial charge in [-0.15, -0.1) is 0 Å². The van der Waals surface area contributed by atoms with Gasteiger partial charge in [0, 0.05) is 49.3 Å². The van der Waals surface area contributed by atoms with Crippen molar-refractivity contribution in [3.05, 3.63) is 65.4 Å². The van der Waals surface area contributed by atoms with Gasteiger partial charge in [-0.25, -0.2) is 8.78 Å². The Balaban J connectivity index is 1.37. The quantitative estimate of drug-likeness (QED) is 0.455. The Morgan fingerprint density at radius 1 is 1.05 bits per heavy atom. The molecule has 5 rings (SSSR count). The Morgan fingerprint density at radius 2 is 1.84 bits per heavy atom. The molecule has 1 aromatic heterocycles. The van der Waals surface area contributed by atoms with Gasteiger partial charge in [-0.3, -0.25) is 19.4 Å². The number of rotatable bonds is 5.